The van der Waals surface area contributed by atoms with E-state index < -0.39 is 5.82 Å². The fourth-order valence-electron chi connectivity index (χ4n) is 1.35. The van der Waals surface area contributed by atoms with Crippen molar-refractivity contribution in [1.29, 1.82) is 0 Å². The highest BCUT2D eigenvalue weighted by Crippen LogP contribution is 2.21. The molecule has 0 saturated carbocycles. The highest BCUT2D eigenvalue weighted by molar-refractivity contribution is 9.10. The summed E-state index contributed by atoms with van der Waals surface area (Å²) in [6, 6.07) is 4.63. The van der Waals surface area contributed by atoms with Crippen molar-refractivity contribution >= 4 is 21.8 Å². The molecule has 0 heterocycles. The van der Waals surface area contributed by atoms with Crippen molar-refractivity contribution in [3.8, 4) is 0 Å². The molecule has 0 bridgehead atoms. The van der Waals surface area contributed by atoms with Crippen LogP contribution < -0.4 is 0 Å². The number of rotatable bonds is 3. The first-order chi connectivity index (χ1) is 7.49. The van der Waals surface area contributed by atoms with E-state index in [4.69, 9.17) is 0 Å². The van der Waals surface area contributed by atoms with Crippen LogP contribution in [0.5, 0.6) is 0 Å². The highest BCUT2D eigenvalue weighted by Gasteiger charge is 2.21. The van der Waals surface area contributed by atoms with E-state index in [1.807, 2.05) is 13.8 Å². The molecule has 0 N–H and O–H groups in total. The average molecular weight is 288 g/mol. The number of benzene rings is 1. The summed E-state index contributed by atoms with van der Waals surface area (Å²) in [7, 11) is 1.69. The molecule has 1 unspecified atom stereocenters. The Labute approximate surface area is 104 Å². The van der Waals surface area contributed by atoms with Gasteiger partial charge in [-0.25, -0.2) is 4.39 Å². The van der Waals surface area contributed by atoms with Gasteiger partial charge in [-0.15, -0.1) is 0 Å². The first-order valence-corrected chi connectivity index (χ1v) is 5.99. The fraction of sp³-hybridized carbons (Fsp3) is 0.417. The van der Waals surface area contributed by atoms with Crippen LogP contribution in [0.2, 0.25) is 0 Å². The van der Waals surface area contributed by atoms with Gasteiger partial charge in [-0.1, -0.05) is 13.0 Å². The minimum absolute atomic E-state index is 0.0963. The average Bonchev–Trinajstić information content (AvgIpc) is 2.26. The Kier molecular flexibility index (Phi) is 4.47. The number of nitrogens with zero attached hydrogens (tertiary/aromatic N) is 1. The van der Waals surface area contributed by atoms with Crippen molar-refractivity contribution in [2.45, 2.75) is 26.3 Å². The molecule has 0 saturated heterocycles. The van der Waals surface area contributed by atoms with Gasteiger partial charge in [0, 0.05) is 17.6 Å². The zero-order valence-corrected chi connectivity index (χ0v) is 11.2. The van der Waals surface area contributed by atoms with Crippen LogP contribution in [0.4, 0.5) is 4.39 Å². The van der Waals surface area contributed by atoms with Crippen LogP contribution in [0.25, 0.3) is 0 Å². The Balaban J connectivity index is 3.05. The number of halogens is 2. The Morgan fingerprint density at radius 2 is 2.19 bits per heavy atom. The zero-order valence-electron chi connectivity index (χ0n) is 9.63. The smallest absolute Gasteiger partial charge is 0.257 e. The molecule has 16 heavy (non-hydrogen) atoms. The summed E-state index contributed by atoms with van der Waals surface area (Å²) in [6.07, 6.45) is 0.842. The van der Waals surface area contributed by atoms with Crippen LogP contribution in [0.1, 0.15) is 30.6 Å². The van der Waals surface area contributed by atoms with Gasteiger partial charge in [-0.2, -0.15) is 0 Å². The normalized spacial score (nSPS) is 12.3. The molecule has 0 aliphatic heterocycles. The number of hydrogen-bond donors (Lipinski definition) is 0. The number of amides is 1. The third-order valence-corrected chi connectivity index (χ3v) is 3.41. The molecule has 1 atom stereocenters. The predicted molar refractivity (Wildman–Crippen MR) is 65.9 cm³/mol. The maximum atomic E-state index is 13.6. The summed E-state index contributed by atoms with van der Waals surface area (Å²) >= 11 is 3.20. The maximum absolute atomic E-state index is 13.6. The zero-order chi connectivity index (χ0) is 12.3. The van der Waals surface area contributed by atoms with Gasteiger partial charge >= 0.3 is 0 Å². The monoisotopic (exact) mass is 287 g/mol. The summed E-state index contributed by atoms with van der Waals surface area (Å²) in [4.78, 5) is 13.6. The number of hydrogen-bond acceptors (Lipinski definition) is 1. The van der Waals surface area contributed by atoms with Gasteiger partial charge in [-0.3, -0.25) is 4.79 Å². The molecule has 4 heteroatoms. The van der Waals surface area contributed by atoms with Gasteiger partial charge in [0.05, 0.1) is 5.56 Å². The molecule has 0 fully saturated rings. The first-order valence-electron chi connectivity index (χ1n) is 5.20. The second-order valence-corrected chi connectivity index (χ2v) is 4.62. The lowest BCUT2D eigenvalue weighted by molar-refractivity contribution is 0.0735. The molecule has 1 aromatic rings. The molecule has 1 amide bonds. The van der Waals surface area contributed by atoms with E-state index in [1.54, 1.807) is 24.1 Å². The maximum Gasteiger partial charge on any atom is 0.257 e. The van der Waals surface area contributed by atoms with Crippen molar-refractivity contribution in [3.05, 3.63) is 34.1 Å². The van der Waals surface area contributed by atoms with Crippen molar-refractivity contribution in [3.63, 3.8) is 0 Å². The quantitative estimate of drug-likeness (QED) is 0.834. The second-order valence-electron chi connectivity index (χ2n) is 3.77. The van der Waals surface area contributed by atoms with Crippen LogP contribution in [0.3, 0.4) is 0 Å². The third-order valence-electron chi connectivity index (χ3n) is 2.75. The van der Waals surface area contributed by atoms with E-state index in [-0.39, 0.29) is 17.5 Å². The largest absolute Gasteiger partial charge is 0.339 e. The first kappa shape index (κ1) is 13.2. The summed E-state index contributed by atoms with van der Waals surface area (Å²) in [5.74, 6) is -0.783. The van der Waals surface area contributed by atoms with Crippen molar-refractivity contribution in [1.82, 2.24) is 4.90 Å². The van der Waals surface area contributed by atoms with Gasteiger partial charge in [0.2, 0.25) is 0 Å². The molecule has 0 spiro atoms. The summed E-state index contributed by atoms with van der Waals surface area (Å²) in [5.41, 5.74) is 0.102. The lowest BCUT2D eigenvalue weighted by Crippen LogP contribution is -2.35. The predicted octanol–water partition coefficient (Wildman–Crippen LogP) is 3.46. The Bertz CT molecular complexity index is 374. The highest BCUT2D eigenvalue weighted by atomic mass is 79.9. The van der Waals surface area contributed by atoms with E-state index >= 15 is 0 Å². The number of carbonyl (C=O) groups excluding carboxylic acids is 1. The van der Waals surface area contributed by atoms with Crippen LogP contribution in [-0.2, 0) is 0 Å². The third kappa shape index (κ3) is 2.61. The molecule has 2 nitrogen and oxygen atoms in total. The Morgan fingerprint density at radius 1 is 1.56 bits per heavy atom. The van der Waals surface area contributed by atoms with Crippen LogP contribution in [-0.4, -0.2) is 23.9 Å². The molecule has 0 aliphatic rings. The lowest BCUT2D eigenvalue weighted by Gasteiger charge is -2.24. The molecular weight excluding hydrogens is 273 g/mol. The summed E-state index contributed by atoms with van der Waals surface area (Å²) in [5, 5.41) is 0. The minimum Gasteiger partial charge on any atom is -0.339 e. The molecule has 0 aliphatic carbocycles. The fourth-order valence-corrected chi connectivity index (χ4v) is 1.86. The molecule has 1 aromatic carbocycles. The van der Waals surface area contributed by atoms with Crippen LogP contribution in [0, 0.1) is 5.82 Å². The SMILES string of the molecule is CCC(C)N(C)C(=O)c1c(F)cccc1Br. The topological polar surface area (TPSA) is 20.3 Å². The molecular formula is C12H15BrFNO. The standard InChI is InChI=1S/C12H15BrFNO/c1-4-8(2)15(3)12(16)11-9(13)6-5-7-10(11)14/h5-8H,4H2,1-3H3. The van der Waals surface area contributed by atoms with E-state index in [9.17, 15) is 9.18 Å². The van der Waals surface area contributed by atoms with Gasteiger partial charge < -0.3 is 4.90 Å². The van der Waals surface area contributed by atoms with E-state index in [0.29, 0.717) is 4.47 Å². The molecule has 88 valence electrons. The molecule has 0 radical (unpaired) electrons. The number of carbonyl (C=O) groups is 1. The van der Waals surface area contributed by atoms with Gasteiger partial charge in [0.25, 0.3) is 5.91 Å². The lowest BCUT2D eigenvalue weighted by atomic mass is 10.1. The van der Waals surface area contributed by atoms with Gasteiger partial charge in [-0.05, 0) is 41.4 Å². The van der Waals surface area contributed by atoms with Crippen molar-refractivity contribution < 1.29 is 9.18 Å². The van der Waals surface area contributed by atoms with E-state index in [1.165, 1.54) is 6.07 Å². The van der Waals surface area contributed by atoms with Crippen LogP contribution >= 0.6 is 15.9 Å². The minimum atomic E-state index is -0.491. The summed E-state index contributed by atoms with van der Waals surface area (Å²) in [6.45, 7) is 3.93. The molecule has 1 rings (SSSR count). The summed E-state index contributed by atoms with van der Waals surface area (Å²) < 4.78 is 14.0. The van der Waals surface area contributed by atoms with E-state index in [2.05, 4.69) is 15.9 Å². The second kappa shape index (κ2) is 5.43. The Morgan fingerprint density at radius 3 is 2.69 bits per heavy atom. The van der Waals surface area contributed by atoms with Crippen LogP contribution in [0.15, 0.2) is 22.7 Å². The molecule has 0 aromatic heterocycles. The van der Waals surface area contributed by atoms with Gasteiger partial charge in [0.1, 0.15) is 5.82 Å². The van der Waals surface area contributed by atoms with E-state index in [0.717, 1.165) is 6.42 Å². The Hall–Kier alpha value is -0.900. The van der Waals surface area contributed by atoms with Gasteiger partial charge in [0.15, 0.2) is 0 Å². The van der Waals surface area contributed by atoms with Crippen molar-refractivity contribution in [2.24, 2.45) is 0 Å². The van der Waals surface area contributed by atoms with Crippen molar-refractivity contribution in [2.75, 3.05) is 7.05 Å².